The first kappa shape index (κ1) is 23.9. The molecule has 0 N–H and O–H groups in total. The van der Waals surface area contributed by atoms with Gasteiger partial charge in [0.15, 0.2) is 23.9 Å². The number of nitrogens with zero attached hydrogens (tertiary/aromatic N) is 1. The van der Waals surface area contributed by atoms with Crippen LogP contribution in [0.3, 0.4) is 0 Å². The lowest BCUT2D eigenvalue weighted by molar-refractivity contribution is -0.0512. The summed E-state index contributed by atoms with van der Waals surface area (Å²) in [7, 11) is 2.78. The zero-order chi connectivity index (χ0) is 24.0. The Morgan fingerprint density at radius 1 is 1.03 bits per heavy atom. The molecule has 1 aromatic heterocycles. The molecule has 0 bridgehead atoms. The molecule has 7 nitrogen and oxygen atoms in total. The molecule has 0 saturated carbocycles. The molecular weight excluding hydrogens is 456 g/mol. The van der Waals surface area contributed by atoms with Gasteiger partial charge in [-0.25, -0.2) is 4.79 Å². The highest BCUT2D eigenvalue weighted by atomic mass is 32.1. The largest absolute Gasteiger partial charge is 0.493 e. The number of benzene rings is 2. The predicted octanol–water partition coefficient (Wildman–Crippen LogP) is 4.67. The summed E-state index contributed by atoms with van der Waals surface area (Å²) in [6.45, 7) is -3.65. The van der Waals surface area contributed by atoms with Crippen LogP contribution in [0.5, 0.6) is 11.5 Å². The summed E-state index contributed by atoms with van der Waals surface area (Å²) in [4.78, 5) is 39.6. The highest BCUT2D eigenvalue weighted by Gasteiger charge is 2.22. The van der Waals surface area contributed by atoms with Gasteiger partial charge in [-0.05, 0) is 41.8 Å². The number of halogens is 2. The number of hydrogen-bond donors (Lipinski definition) is 0. The lowest BCUT2D eigenvalue weighted by atomic mass is 10.1. The van der Waals surface area contributed by atoms with Crippen molar-refractivity contribution in [3.8, 4) is 11.5 Å². The van der Waals surface area contributed by atoms with Gasteiger partial charge >= 0.3 is 12.6 Å². The molecule has 0 aliphatic carbocycles. The first-order valence-electron chi connectivity index (χ1n) is 9.55. The Bertz CT molecular complexity index is 1150. The molecule has 0 fully saturated rings. The van der Waals surface area contributed by atoms with Crippen molar-refractivity contribution in [2.75, 3.05) is 25.7 Å². The number of alkyl halides is 2. The Kier molecular flexibility index (Phi) is 7.73. The van der Waals surface area contributed by atoms with Gasteiger partial charge in [-0.2, -0.15) is 8.78 Å². The molecule has 0 aliphatic heterocycles. The number of ether oxygens (including phenoxy) is 3. The summed E-state index contributed by atoms with van der Waals surface area (Å²) in [5, 5.41) is 1.77. The van der Waals surface area contributed by atoms with Crippen LogP contribution in [0.15, 0.2) is 60.0 Å². The van der Waals surface area contributed by atoms with Crippen LogP contribution in [0.25, 0.3) is 0 Å². The summed E-state index contributed by atoms with van der Waals surface area (Å²) < 4.78 is 39.4. The number of anilines is 1. The SMILES string of the molecule is COc1cc(C(=O)COC(=O)c2ccccc2N(C)C(=O)c2cccs2)ccc1OC(F)F. The van der Waals surface area contributed by atoms with Gasteiger partial charge in [-0.15, -0.1) is 11.3 Å². The Morgan fingerprint density at radius 2 is 1.79 bits per heavy atom. The first-order chi connectivity index (χ1) is 15.8. The van der Waals surface area contributed by atoms with Gasteiger partial charge in [0.25, 0.3) is 5.91 Å². The lowest BCUT2D eigenvalue weighted by Crippen LogP contribution is -2.27. The van der Waals surface area contributed by atoms with Gasteiger partial charge in [0.05, 0.1) is 23.2 Å². The number of methoxy groups -OCH3 is 1. The van der Waals surface area contributed by atoms with E-state index < -0.39 is 25.0 Å². The fourth-order valence-electron chi connectivity index (χ4n) is 2.94. The van der Waals surface area contributed by atoms with Gasteiger partial charge in [-0.1, -0.05) is 18.2 Å². The molecule has 0 aliphatic rings. The number of amides is 1. The number of ketones is 1. The third-order valence-electron chi connectivity index (χ3n) is 4.56. The number of esters is 1. The predicted molar refractivity (Wildman–Crippen MR) is 118 cm³/mol. The van der Waals surface area contributed by atoms with E-state index in [-0.39, 0.29) is 28.5 Å². The van der Waals surface area contributed by atoms with E-state index in [9.17, 15) is 23.2 Å². The molecule has 172 valence electrons. The molecule has 2 aromatic carbocycles. The number of thiophene rings is 1. The number of carbonyl (C=O) groups is 3. The molecule has 0 unspecified atom stereocenters. The molecule has 3 aromatic rings. The van der Waals surface area contributed by atoms with Gasteiger partial charge in [0, 0.05) is 12.6 Å². The zero-order valence-corrected chi connectivity index (χ0v) is 18.4. The maximum Gasteiger partial charge on any atom is 0.387 e. The Morgan fingerprint density at radius 3 is 2.45 bits per heavy atom. The fraction of sp³-hybridized carbons (Fsp3) is 0.174. The normalized spacial score (nSPS) is 10.6. The summed E-state index contributed by atoms with van der Waals surface area (Å²) in [5.74, 6) is -1.96. The van der Waals surface area contributed by atoms with Gasteiger partial charge < -0.3 is 19.1 Å². The van der Waals surface area contributed by atoms with Gasteiger partial charge in [-0.3, -0.25) is 9.59 Å². The van der Waals surface area contributed by atoms with Crippen LogP contribution in [0.2, 0.25) is 0 Å². The summed E-state index contributed by atoms with van der Waals surface area (Å²) in [5.41, 5.74) is 0.513. The Labute approximate surface area is 192 Å². The second-order valence-electron chi connectivity index (χ2n) is 6.60. The highest BCUT2D eigenvalue weighted by molar-refractivity contribution is 7.12. The standard InChI is InChI=1S/C23H19F2NO6S/c1-26(21(28)20-8-5-11-33-20)16-7-4-3-6-15(16)22(29)31-13-17(27)14-9-10-18(32-23(24)25)19(12-14)30-2/h3-12,23H,13H2,1-2H3. The molecule has 0 atom stereocenters. The van der Waals surface area contributed by atoms with Crippen LogP contribution < -0.4 is 14.4 Å². The van der Waals surface area contributed by atoms with Crippen molar-refractivity contribution in [1.82, 2.24) is 0 Å². The zero-order valence-electron chi connectivity index (χ0n) is 17.6. The third kappa shape index (κ3) is 5.72. The van der Waals surface area contributed by atoms with E-state index in [0.29, 0.717) is 10.6 Å². The summed E-state index contributed by atoms with van der Waals surface area (Å²) in [6, 6.07) is 13.4. The van der Waals surface area contributed by atoms with E-state index in [2.05, 4.69) is 4.74 Å². The lowest BCUT2D eigenvalue weighted by Gasteiger charge is -2.19. The average Bonchev–Trinajstić information content (AvgIpc) is 3.36. The van der Waals surface area contributed by atoms with E-state index >= 15 is 0 Å². The van der Waals surface area contributed by atoms with Crippen molar-refractivity contribution in [2.24, 2.45) is 0 Å². The summed E-state index contributed by atoms with van der Waals surface area (Å²) >= 11 is 1.27. The molecule has 0 saturated heterocycles. The number of carbonyl (C=O) groups excluding carboxylic acids is 3. The molecular formula is C23H19F2NO6S. The Balaban J connectivity index is 1.71. The van der Waals surface area contributed by atoms with Gasteiger partial charge in [0.2, 0.25) is 0 Å². The molecule has 3 rings (SSSR count). The number of hydrogen-bond acceptors (Lipinski definition) is 7. The topological polar surface area (TPSA) is 82.1 Å². The minimum Gasteiger partial charge on any atom is -0.493 e. The fourth-order valence-corrected chi connectivity index (χ4v) is 3.64. The molecule has 1 heterocycles. The van der Waals surface area contributed by atoms with Crippen LogP contribution in [0.4, 0.5) is 14.5 Å². The molecule has 0 spiro atoms. The van der Waals surface area contributed by atoms with E-state index in [4.69, 9.17) is 9.47 Å². The van der Waals surface area contributed by atoms with Gasteiger partial charge in [0.1, 0.15) is 0 Å². The van der Waals surface area contributed by atoms with Crippen LogP contribution in [0.1, 0.15) is 30.4 Å². The monoisotopic (exact) mass is 475 g/mol. The average molecular weight is 475 g/mol. The third-order valence-corrected chi connectivity index (χ3v) is 5.42. The van der Waals surface area contributed by atoms with Crippen molar-refractivity contribution < 1.29 is 37.4 Å². The maximum atomic E-state index is 12.7. The molecule has 0 radical (unpaired) electrons. The number of para-hydroxylation sites is 1. The van der Waals surface area contributed by atoms with Crippen molar-refractivity contribution in [3.05, 3.63) is 76.0 Å². The van der Waals surface area contributed by atoms with Crippen molar-refractivity contribution in [3.63, 3.8) is 0 Å². The quantitative estimate of drug-likeness (QED) is 0.330. The molecule has 10 heteroatoms. The highest BCUT2D eigenvalue weighted by Crippen LogP contribution is 2.30. The van der Waals surface area contributed by atoms with Crippen LogP contribution in [0, 0.1) is 0 Å². The minimum absolute atomic E-state index is 0.0634. The van der Waals surface area contributed by atoms with E-state index in [1.165, 1.54) is 54.7 Å². The van der Waals surface area contributed by atoms with Crippen LogP contribution in [-0.4, -0.2) is 45.0 Å². The van der Waals surface area contributed by atoms with Crippen LogP contribution in [-0.2, 0) is 4.74 Å². The van der Waals surface area contributed by atoms with Crippen molar-refractivity contribution >= 4 is 34.7 Å². The number of Topliss-reactive ketones (excluding diaryl/α,β-unsaturated/α-hetero) is 1. The molecule has 1 amide bonds. The second kappa shape index (κ2) is 10.7. The van der Waals surface area contributed by atoms with Crippen molar-refractivity contribution in [1.29, 1.82) is 0 Å². The maximum absolute atomic E-state index is 12.7. The van der Waals surface area contributed by atoms with Crippen LogP contribution >= 0.6 is 11.3 Å². The van der Waals surface area contributed by atoms with E-state index in [0.717, 1.165) is 0 Å². The number of rotatable bonds is 9. The van der Waals surface area contributed by atoms with Crippen molar-refractivity contribution in [2.45, 2.75) is 6.61 Å². The van der Waals surface area contributed by atoms with E-state index in [1.54, 1.807) is 35.7 Å². The minimum atomic E-state index is -3.05. The first-order valence-corrected chi connectivity index (χ1v) is 10.4. The smallest absolute Gasteiger partial charge is 0.387 e. The van der Waals surface area contributed by atoms with E-state index in [1.807, 2.05) is 0 Å². The summed E-state index contributed by atoms with van der Waals surface area (Å²) in [6.07, 6.45) is 0. The molecule has 33 heavy (non-hydrogen) atoms. The Hall–Kier alpha value is -3.79. The second-order valence-corrected chi connectivity index (χ2v) is 7.55.